The molecule has 0 bridgehead atoms. The maximum atomic E-state index is 13.0. The van der Waals surface area contributed by atoms with Crippen molar-refractivity contribution in [2.75, 3.05) is 5.32 Å². The van der Waals surface area contributed by atoms with Crippen LogP contribution in [0.2, 0.25) is 5.28 Å². The fraction of sp³-hybridized carbons (Fsp3) is 0.500. The van der Waals surface area contributed by atoms with E-state index in [4.69, 9.17) is 11.6 Å². The van der Waals surface area contributed by atoms with Gasteiger partial charge in [0.2, 0.25) is 5.28 Å². The topological polar surface area (TPSA) is 37.8 Å². The van der Waals surface area contributed by atoms with E-state index >= 15 is 0 Å². The Kier molecular flexibility index (Phi) is 2.07. The predicted octanol–water partition coefficient (Wildman–Crippen LogP) is 2.09. The van der Waals surface area contributed by atoms with E-state index in [1.807, 2.05) is 0 Å². The number of nitrogens with one attached hydrogen (secondary N) is 1. The molecule has 2 unspecified atom stereocenters. The van der Waals surface area contributed by atoms with Crippen molar-refractivity contribution in [3.05, 3.63) is 17.3 Å². The van der Waals surface area contributed by atoms with Crippen LogP contribution >= 0.6 is 11.6 Å². The van der Waals surface area contributed by atoms with Crippen molar-refractivity contribution in [1.29, 1.82) is 0 Å². The van der Waals surface area contributed by atoms with Crippen LogP contribution in [-0.4, -0.2) is 16.0 Å². The summed E-state index contributed by atoms with van der Waals surface area (Å²) in [6, 6.07) is 0.334. The molecule has 0 aliphatic heterocycles. The van der Waals surface area contributed by atoms with Crippen molar-refractivity contribution in [3.8, 4) is 0 Å². The van der Waals surface area contributed by atoms with Gasteiger partial charge < -0.3 is 5.32 Å². The highest BCUT2D eigenvalue weighted by Crippen LogP contribution is 2.32. The fourth-order valence-corrected chi connectivity index (χ4v) is 1.28. The lowest BCUT2D eigenvalue weighted by atomic mass is 10.4. The zero-order valence-corrected chi connectivity index (χ0v) is 7.85. The molecular formula is C8H9ClFN3. The van der Waals surface area contributed by atoms with Gasteiger partial charge in [0.15, 0.2) is 11.6 Å². The molecule has 1 heterocycles. The van der Waals surface area contributed by atoms with Crippen LogP contribution in [0.25, 0.3) is 0 Å². The van der Waals surface area contributed by atoms with Gasteiger partial charge in [0.25, 0.3) is 0 Å². The Balaban J connectivity index is 2.14. The molecule has 2 rings (SSSR count). The number of hydrogen-bond donors (Lipinski definition) is 1. The van der Waals surface area contributed by atoms with Gasteiger partial charge in [-0.05, 0) is 23.9 Å². The van der Waals surface area contributed by atoms with Gasteiger partial charge in [-0.2, -0.15) is 4.98 Å². The van der Waals surface area contributed by atoms with E-state index < -0.39 is 5.82 Å². The molecule has 1 N–H and O–H groups in total. The van der Waals surface area contributed by atoms with Gasteiger partial charge in [0.1, 0.15) is 0 Å². The van der Waals surface area contributed by atoms with Crippen LogP contribution in [0.3, 0.4) is 0 Å². The maximum absolute atomic E-state index is 13.0. The van der Waals surface area contributed by atoms with Crippen LogP contribution in [-0.2, 0) is 0 Å². The summed E-state index contributed by atoms with van der Waals surface area (Å²) in [5.41, 5.74) is 0. The number of aromatic nitrogens is 2. The molecular weight excluding hydrogens is 193 g/mol. The molecule has 2 atom stereocenters. The third-order valence-electron chi connectivity index (χ3n) is 2.15. The standard InChI is InChI=1S/C8H9ClFN3/c1-4-2-6(4)12-7-5(10)3-11-8(9)13-7/h3-4,6H,2H2,1H3,(H,11,12,13). The lowest BCUT2D eigenvalue weighted by Gasteiger charge is -2.04. The average Bonchev–Trinajstić information content (AvgIpc) is 2.75. The number of anilines is 1. The molecule has 1 aliphatic carbocycles. The molecule has 1 fully saturated rings. The van der Waals surface area contributed by atoms with Crippen molar-refractivity contribution in [2.24, 2.45) is 5.92 Å². The molecule has 3 nitrogen and oxygen atoms in total. The molecule has 0 amide bonds. The zero-order chi connectivity index (χ0) is 9.42. The lowest BCUT2D eigenvalue weighted by Crippen LogP contribution is -2.07. The smallest absolute Gasteiger partial charge is 0.224 e. The van der Waals surface area contributed by atoms with Crippen LogP contribution < -0.4 is 5.32 Å². The first kappa shape index (κ1) is 8.69. The third-order valence-corrected chi connectivity index (χ3v) is 2.33. The van der Waals surface area contributed by atoms with Gasteiger partial charge >= 0.3 is 0 Å². The minimum atomic E-state index is -0.455. The van der Waals surface area contributed by atoms with Gasteiger partial charge in [-0.3, -0.25) is 0 Å². The highest BCUT2D eigenvalue weighted by Gasteiger charge is 2.33. The van der Waals surface area contributed by atoms with Crippen LogP contribution in [0.4, 0.5) is 10.2 Å². The molecule has 1 aromatic rings. The summed E-state index contributed by atoms with van der Waals surface area (Å²) in [7, 11) is 0. The largest absolute Gasteiger partial charge is 0.364 e. The lowest BCUT2D eigenvalue weighted by molar-refractivity contribution is 0.616. The normalized spacial score (nSPS) is 25.8. The Labute approximate surface area is 80.3 Å². The number of hydrogen-bond acceptors (Lipinski definition) is 3. The van der Waals surface area contributed by atoms with Gasteiger partial charge in [-0.15, -0.1) is 0 Å². The van der Waals surface area contributed by atoms with Crippen molar-refractivity contribution in [1.82, 2.24) is 9.97 Å². The van der Waals surface area contributed by atoms with E-state index in [0.717, 1.165) is 12.6 Å². The van der Waals surface area contributed by atoms with Crippen molar-refractivity contribution in [2.45, 2.75) is 19.4 Å². The van der Waals surface area contributed by atoms with E-state index in [1.54, 1.807) is 0 Å². The molecule has 0 saturated heterocycles. The molecule has 0 aromatic carbocycles. The zero-order valence-electron chi connectivity index (χ0n) is 7.09. The first-order chi connectivity index (χ1) is 6.16. The summed E-state index contributed by atoms with van der Waals surface area (Å²) < 4.78 is 13.0. The highest BCUT2D eigenvalue weighted by atomic mass is 35.5. The van der Waals surface area contributed by atoms with E-state index in [2.05, 4.69) is 22.2 Å². The van der Waals surface area contributed by atoms with Crippen LogP contribution in [0, 0.1) is 11.7 Å². The second-order valence-corrected chi connectivity index (χ2v) is 3.64. The maximum Gasteiger partial charge on any atom is 0.224 e. The Morgan fingerprint density at radius 2 is 2.38 bits per heavy atom. The Bertz CT molecular complexity index is 331. The summed E-state index contributed by atoms with van der Waals surface area (Å²) in [6.07, 6.45) is 2.13. The molecule has 0 radical (unpaired) electrons. The van der Waals surface area contributed by atoms with E-state index in [-0.39, 0.29) is 11.1 Å². The molecule has 5 heteroatoms. The highest BCUT2D eigenvalue weighted by molar-refractivity contribution is 6.28. The Morgan fingerprint density at radius 3 is 3.00 bits per heavy atom. The summed E-state index contributed by atoms with van der Waals surface area (Å²) in [5.74, 6) is 0.339. The van der Waals surface area contributed by atoms with Crippen LogP contribution in [0.5, 0.6) is 0 Å². The second-order valence-electron chi connectivity index (χ2n) is 3.30. The number of rotatable bonds is 2. The van der Waals surface area contributed by atoms with Crippen molar-refractivity contribution < 1.29 is 4.39 Å². The summed E-state index contributed by atoms with van der Waals surface area (Å²) in [4.78, 5) is 7.28. The van der Waals surface area contributed by atoms with E-state index in [9.17, 15) is 4.39 Å². The van der Waals surface area contributed by atoms with E-state index in [1.165, 1.54) is 0 Å². The fourth-order valence-electron chi connectivity index (χ4n) is 1.15. The Morgan fingerprint density at radius 1 is 1.69 bits per heavy atom. The van der Waals surface area contributed by atoms with Gasteiger partial charge in [0.05, 0.1) is 6.20 Å². The summed E-state index contributed by atoms with van der Waals surface area (Å²) in [5, 5.41) is 3.03. The first-order valence-electron chi connectivity index (χ1n) is 4.11. The molecule has 70 valence electrons. The summed E-state index contributed by atoms with van der Waals surface area (Å²) >= 11 is 5.53. The van der Waals surface area contributed by atoms with Gasteiger partial charge in [-0.25, -0.2) is 9.37 Å². The molecule has 1 aromatic heterocycles. The minimum Gasteiger partial charge on any atom is -0.364 e. The van der Waals surface area contributed by atoms with E-state index in [0.29, 0.717) is 12.0 Å². The summed E-state index contributed by atoms with van der Waals surface area (Å²) in [6.45, 7) is 2.10. The quantitative estimate of drug-likeness (QED) is 0.745. The predicted molar refractivity (Wildman–Crippen MR) is 48.2 cm³/mol. The molecule has 13 heavy (non-hydrogen) atoms. The van der Waals surface area contributed by atoms with Crippen molar-refractivity contribution in [3.63, 3.8) is 0 Å². The second kappa shape index (κ2) is 3.10. The third kappa shape index (κ3) is 1.88. The SMILES string of the molecule is CC1CC1Nc1nc(Cl)ncc1F. The van der Waals surface area contributed by atoms with Gasteiger partial charge in [0, 0.05) is 6.04 Å². The average molecular weight is 202 g/mol. The number of nitrogens with zero attached hydrogens (tertiary/aromatic N) is 2. The first-order valence-corrected chi connectivity index (χ1v) is 4.49. The van der Waals surface area contributed by atoms with Crippen molar-refractivity contribution >= 4 is 17.4 Å². The monoisotopic (exact) mass is 201 g/mol. The number of halogens is 2. The molecule has 1 saturated carbocycles. The minimum absolute atomic E-state index is 0.0669. The van der Waals surface area contributed by atoms with Gasteiger partial charge in [-0.1, -0.05) is 6.92 Å². The molecule has 1 aliphatic rings. The van der Waals surface area contributed by atoms with Crippen LogP contribution in [0.15, 0.2) is 6.20 Å². The van der Waals surface area contributed by atoms with Crippen LogP contribution in [0.1, 0.15) is 13.3 Å². The Hall–Kier alpha value is -0.900. The molecule has 0 spiro atoms.